The highest BCUT2D eigenvalue weighted by Crippen LogP contribution is 2.46. The predicted octanol–water partition coefficient (Wildman–Crippen LogP) is 2.29. The summed E-state index contributed by atoms with van der Waals surface area (Å²) in [6.45, 7) is 3.39. The smallest absolute Gasteiger partial charge is 0.312 e. The molecule has 0 spiro atoms. The molecule has 0 amide bonds. The third kappa shape index (κ3) is 5.43. The van der Waals surface area contributed by atoms with Crippen molar-refractivity contribution >= 4 is 19.1 Å². The van der Waals surface area contributed by atoms with Gasteiger partial charge in [0.15, 0.2) is 5.78 Å². The summed E-state index contributed by atoms with van der Waals surface area (Å²) in [5.41, 5.74) is 0.358. The summed E-state index contributed by atoms with van der Waals surface area (Å²) in [5, 5.41) is 6.24. The maximum Gasteiger partial charge on any atom is 0.337 e. The molecule has 0 N–H and O–H groups in total. The minimum atomic E-state index is -3.30. The van der Waals surface area contributed by atoms with E-state index < -0.39 is 7.60 Å². The van der Waals surface area contributed by atoms with Gasteiger partial charge in [-0.25, -0.2) is 0 Å². The molecule has 0 atom stereocenters. The first-order chi connectivity index (χ1) is 9.00. The fourth-order valence-electron chi connectivity index (χ4n) is 1.92. The van der Waals surface area contributed by atoms with E-state index in [9.17, 15) is 9.36 Å². The average Bonchev–Trinajstić information content (AvgIpc) is 2.67. The molecule has 0 aromatic rings. The minimum absolute atomic E-state index is 0.261. The number of carbonyl (C=O) groups is 1. The minimum Gasteiger partial charge on any atom is -0.312 e. The van der Waals surface area contributed by atoms with Gasteiger partial charge in [0.2, 0.25) is 0 Å². The second-order valence-corrected chi connectivity index (χ2v) is 6.88. The Bertz CT molecular complexity index is 368. The molecule has 0 radical (unpaired) electrons. The molecule has 0 saturated carbocycles. The lowest BCUT2D eigenvalue weighted by Crippen LogP contribution is -2.24. The zero-order valence-electron chi connectivity index (χ0n) is 11.9. The highest BCUT2D eigenvalue weighted by atomic mass is 31.2. The van der Waals surface area contributed by atoms with E-state index in [0.29, 0.717) is 5.71 Å². The summed E-state index contributed by atoms with van der Waals surface area (Å²) in [4.78, 5) is 11.9. The van der Waals surface area contributed by atoms with E-state index >= 15 is 0 Å². The highest BCUT2D eigenvalue weighted by molar-refractivity contribution is 7.55. The van der Waals surface area contributed by atoms with Gasteiger partial charge in [-0.3, -0.25) is 14.4 Å². The molecule has 6 nitrogen and oxygen atoms in total. The number of carbonyl (C=O) groups excluding carboxylic acids is 1. The lowest BCUT2D eigenvalue weighted by atomic mass is 10.2. The summed E-state index contributed by atoms with van der Waals surface area (Å²) in [7, 11) is -0.749. The Kier molecular flexibility index (Phi) is 6.69. The molecule has 110 valence electrons. The molecule has 7 heteroatoms. The van der Waals surface area contributed by atoms with E-state index in [1.165, 1.54) is 27.1 Å². The molecular weight excluding hydrogens is 267 g/mol. The van der Waals surface area contributed by atoms with Gasteiger partial charge in [-0.15, -0.1) is 0 Å². The van der Waals surface area contributed by atoms with Crippen LogP contribution in [0, 0.1) is 0 Å². The Morgan fingerprint density at radius 3 is 2.16 bits per heavy atom. The highest BCUT2D eigenvalue weighted by Gasteiger charge is 2.27. The van der Waals surface area contributed by atoms with E-state index in [1.54, 1.807) is 6.92 Å². The van der Waals surface area contributed by atoms with Crippen molar-refractivity contribution in [2.75, 3.05) is 33.5 Å². The number of Topliss-reactive ketones (excluding diaryl/α,β-unsaturated/α-hetero) is 1. The molecule has 1 heterocycles. The Morgan fingerprint density at radius 2 is 1.68 bits per heavy atom. The maximum absolute atomic E-state index is 11.9. The van der Waals surface area contributed by atoms with Gasteiger partial charge >= 0.3 is 7.60 Å². The van der Waals surface area contributed by atoms with E-state index in [0.717, 1.165) is 25.9 Å². The molecule has 1 fully saturated rings. The van der Waals surface area contributed by atoms with Crippen LogP contribution in [0.2, 0.25) is 0 Å². The molecule has 1 saturated heterocycles. The van der Waals surface area contributed by atoms with Crippen molar-refractivity contribution in [3.63, 3.8) is 0 Å². The Balaban J connectivity index is 2.62. The van der Waals surface area contributed by atoms with Crippen LogP contribution in [-0.4, -0.2) is 50.0 Å². The van der Waals surface area contributed by atoms with E-state index in [4.69, 9.17) is 9.05 Å². The standard InChI is InChI=1S/C12H23N2O4P/c1-11(12(15)10-19(16,17-2)18-3)13-14-8-6-4-5-7-9-14/h4-10H2,1-3H3/b13-11+. The van der Waals surface area contributed by atoms with Crippen LogP contribution in [0.4, 0.5) is 0 Å². The summed E-state index contributed by atoms with van der Waals surface area (Å²) in [6, 6.07) is 0. The molecule has 0 aromatic heterocycles. The summed E-state index contributed by atoms with van der Waals surface area (Å²) in [6.07, 6.45) is 4.35. The van der Waals surface area contributed by atoms with Crippen LogP contribution in [0.5, 0.6) is 0 Å². The van der Waals surface area contributed by atoms with Crippen molar-refractivity contribution in [3.8, 4) is 0 Å². The van der Waals surface area contributed by atoms with Crippen molar-refractivity contribution in [2.24, 2.45) is 5.10 Å². The van der Waals surface area contributed by atoms with Gasteiger partial charge in [0.1, 0.15) is 11.9 Å². The topological polar surface area (TPSA) is 68.2 Å². The van der Waals surface area contributed by atoms with Crippen LogP contribution in [0.3, 0.4) is 0 Å². The quantitative estimate of drug-likeness (QED) is 0.554. The van der Waals surface area contributed by atoms with Crippen LogP contribution in [-0.2, 0) is 18.4 Å². The van der Waals surface area contributed by atoms with E-state index in [1.807, 2.05) is 5.01 Å². The zero-order chi connectivity index (χ0) is 14.3. The van der Waals surface area contributed by atoms with Gasteiger partial charge in [0.05, 0.1) is 0 Å². The molecule has 19 heavy (non-hydrogen) atoms. The van der Waals surface area contributed by atoms with Gasteiger partial charge in [-0.2, -0.15) is 5.10 Å². The van der Waals surface area contributed by atoms with Crippen LogP contribution in [0.15, 0.2) is 5.10 Å². The molecule has 1 aliphatic rings. The number of rotatable bonds is 6. The third-order valence-electron chi connectivity index (χ3n) is 3.17. The molecule has 1 aliphatic heterocycles. The second kappa shape index (κ2) is 7.78. The number of hydrogen-bond acceptors (Lipinski definition) is 6. The molecular formula is C12H23N2O4P. The van der Waals surface area contributed by atoms with Crippen molar-refractivity contribution in [1.82, 2.24) is 5.01 Å². The number of nitrogens with zero attached hydrogens (tertiary/aromatic N) is 2. The van der Waals surface area contributed by atoms with Crippen LogP contribution in [0.25, 0.3) is 0 Å². The number of hydrazone groups is 1. The summed E-state index contributed by atoms with van der Waals surface area (Å²) >= 11 is 0. The van der Waals surface area contributed by atoms with Crippen LogP contribution >= 0.6 is 7.60 Å². The second-order valence-electron chi connectivity index (χ2n) is 4.61. The van der Waals surface area contributed by atoms with Crippen molar-refractivity contribution < 1.29 is 18.4 Å². The largest absolute Gasteiger partial charge is 0.337 e. The first kappa shape index (κ1) is 16.3. The Morgan fingerprint density at radius 1 is 1.16 bits per heavy atom. The zero-order valence-corrected chi connectivity index (χ0v) is 12.8. The lowest BCUT2D eigenvalue weighted by molar-refractivity contribution is -0.111. The monoisotopic (exact) mass is 290 g/mol. The summed E-state index contributed by atoms with van der Waals surface area (Å²) < 4.78 is 21.4. The number of ketones is 1. The van der Waals surface area contributed by atoms with E-state index in [-0.39, 0.29) is 11.9 Å². The van der Waals surface area contributed by atoms with Crippen molar-refractivity contribution in [3.05, 3.63) is 0 Å². The normalized spacial score (nSPS) is 18.3. The number of hydrogen-bond donors (Lipinski definition) is 0. The van der Waals surface area contributed by atoms with Gasteiger partial charge in [0, 0.05) is 27.3 Å². The average molecular weight is 290 g/mol. The molecule has 0 aliphatic carbocycles. The molecule has 0 unspecified atom stereocenters. The molecule has 1 rings (SSSR count). The van der Waals surface area contributed by atoms with Gasteiger partial charge in [-0.05, 0) is 19.8 Å². The van der Waals surface area contributed by atoms with Crippen LogP contribution in [0.1, 0.15) is 32.6 Å². The predicted molar refractivity (Wildman–Crippen MR) is 74.6 cm³/mol. The van der Waals surface area contributed by atoms with Crippen molar-refractivity contribution in [2.45, 2.75) is 32.6 Å². The Labute approximate surface area is 114 Å². The van der Waals surface area contributed by atoms with Crippen molar-refractivity contribution in [1.29, 1.82) is 0 Å². The fraction of sp³-hybridized carbons (Fsp3) is 0.833. The summed E-state index contributed by atoms with van der Waals surface area (Å²) in [5.74, 6) is -0.295. The first-order valence-corrected chi connectivity index (χ1v) is 8.27. The third-order valence-corrected chi connectivity index (χ3v) is 4.96. The maximum atomic E-state index is 11.9. The molecule has 0 bridgehead atoms. The van der Waals surface area contributed by atoms with Gasteiger partial charge in [-0.1, -0.05) is 12.8 Å². The SMILES string of the molecule is COP(=O)(CC(=O)/C(C)=N/N1CCCCCC1)OC. The fourth-order valence-corrected chi connectivity index (χ4v) is 2.90. The van der Waals surface area contributed by atoms with Crippen LogP contribution < -0.4 is 0 Å². The van der Waals surface area contributed by atoms with Gasteiger partial charge in [0.25, 0.3) is 0 Å². The van der Waals surface area contributed by atoms with E-state index in [2.05, 4.69) is 5.10 Å². The Hall–Kier alpha value is -0.710. The van der Waals surface area contributed by atoms with Gasteiger partial charge < -0.3 is 9.05 Å². The lowest BCUT2D eigenvalue weighted by Gasteiger charge is -2.17. The first-order valence-electron chi connectivity index (χ1n) is 6.54. The molecule has 0 aromatic carbocycles.